The van der Waals surface area contributed by atoms with E-state index in [0.29, 0.717) is 11.5 Å². The third-order valence-corrected chi connectivity index (χ3v) is 3.21. The van der Waals surface area contributed by atoms with Crippen LogP contribution >= 0.6 is 0 Å². The van der Waals surface area contributed by atoms with Crippen LogP contribution in [-0.2, 0) is 0 Å². The molecule has 0 aliphatic carbocycles. The molecule has 6 heteroatoms. The molecule has 2 atom stereocenters. The van der Waals surface area contributed by atoms with Gasteiger partial charge in [-0.2, -0.15) is 4.98 Å². The minimum atomic E-state index is -0.930. The van der Waals surface area contributed by atoms with Gasteiger partial charge in [0.25, 0.3) is 0 Å². The van der Waals surface area contributed by atoms with E-state index in [-0.39, 0.29) is 17.8 Å². The molecule has 0 saturated carbocycles. The summed E-state index contributed by atoms with van der Waals surface area (Å²) in [5.41, 5.74) is 0.387. The zero-order valence-electron chi connectivity index (χ0n) is 10.9. The SMILES string of the molecule is CNC(C)C(C)c1nc(-c2ccc(F)c(F)c2)no1. The molecule has 0 radical (unpaired) electrons. The van der Waals surface area contributed by atoms with Crippen LogP contribution in [0, 0.1) is 11.6 Å². The molecule has 1 heterocycles. The Morgan fingerprint density at radius 1 is 1.21 bits per heavy atom. The van der Waals surface area contributed by atoms with Gasteiger partial charge in [0.05, 0.1) is 5.92 Å². The number of hydrogen-bond donors (Lipinski definition) is 1. The second kappa shape index (κ2) is 5.44. The highest BCUT2D eigenvalue weighted by Gasteiger charge is 2.20. The maximum absolute atomic E-state index is 13.1. The van der Waals surface area contributed by atoms with Crippen LogP contribution in [0.25, 0.3) is 11.4 Å². The highest BCUT2D eigenvalue weighted by atomic mass is 19.2. The van der Waals surface area contributed by atoms with Crippen LogP contribution in [0.3, 0.4) is 0 Å². The Labute approximate surface area is 109 Å². The number of aromatic nitrogens is 2. The van der Waals surface area contributed by atoms with Crippen molar-refractivity contribution in [3.05, 3.63) is 35.7 Å². The summed E-state index contributed by atoms with van der Waals surface area (Å²) < 4.78 is 31.2. The topological polar surface area (TPSA) is 51.0 Å². The summed E-state index contributed by atoms with van der Waals surface area (Å²) in [7, 11) is 1.84. The predicted octanol–water partition coefficient (Wildman–Crippen LogP) is 2.73. The first kappa shape index (κ1) is 13.6. The molecule has 1 aromatic carbocycles. The molecule has 0 fully saturated rings. The van der Waals surface area contributed by atoms with Crippen molar-refractivity contribution in [3.8, 4) is 11.4 Å². The second-order valence-electron chi connectivity index (χ2n) is 4.45. The molecular weight excluding hydrogens is 252 g/mol. The Bertz CT molecular complexity index is 571. The fourth-order valence-electron chi connectivity index (χ4n) is 1.64. The number of rotatable bonds is 4. The lowest BCUT2D eigenvalue weighted by molar-refractivity contribution is 0.336. The molecule has 2 unspecified atom stereocenters. The number of benzene rings is 1. The average Bonchev–Trinajstić information content (AvgIpc) is 2.89. The van der Waals surface area contributed by atoms with Crippen LogP contribution in [0.5, 0.6) is 0 Å². The Kier molecular flexibility index (Phi) is 3.90. The monoisotopic (exact) mass is 267 g/mol. The van der Waals surface area contributed by atoms with Crippen LogP contribution in [0.2, 0.25) is 0 Å². The summed E-state index contributed by atoms with van der Waals surface area (Å²) in [6, 6.07) is 3.67. The molecule has 1 N–H and O–H groups in total. The van der Waals surface area contributed by atoms with Gasteiger partial charge in [-0.15, -0.1) is 0 Å². The molecule has 2 rings (SSSR count). The third-order valence-electron chi connectivity index (χ3n) is 3.21. The van der Waals surface area contributed by atoms with E-state index in [1.807, 2.05) is 20.9 Å². The molecule has 0 spiro atoms. The Hall–Kier alpha value is -1.82. The van der Waals surface area contributed by atoms with Crippen LogP contribution in [0.15, 0.2) is 22.7 Å². The fourth-order valence-corrected chi connectivity index (χ4v) is 1.64. The Balaban J connectivity index is 2.27. The number of nitrogens with one attached hydrogen (secondary N) is 1. The van der Waals surface area contributed by atoms with E-state index in [1.165, 1.54) is 6.07 Å². The lowest BCUT2D eigenvalue weighted by Gasteiger charge is -2.14. The van der Waals surface area contributed by atoms with E-state index in [4.69, 9.17) is 4.52 Å². The van der Waals surface area contributed by atoms with Crippen molar-refractivity contribution in [1.82, 2.24) is 15.5 Å². The van der Waals surface area contributed by atoms with Crippen LogP contribution in [0.1, 0.15) is 25.7 Å². The lowest BCUT2D eigenvalue weighted by atomic mass is 10.0. The number of hydrogen-bond acceptors (Lipinski definition) is 4. The van der Waals surface area contributed by atoms with Crippen molar-refractivity contribution in [1.29, 1.82) is 0 Å². The summed E-state index contributed by atoms with van der Waals surface area (Å²) in [5, 5.41) is 6.88. The van der Waals surface area contributed by atoms with Crippen LogP contribution in [0.4, 0.5) is 8.78 Å². The van der Waals surface area contributed by atoms with E-state index < -0.39 is 11.6 Å². The fraction of sp³-hybridized carbons (Fsp3) is 0.385. The van der Waals surface area contributed by atoms with Gasteiger partial charge in [-0.3, -0.25) is 0 Å². The van der Waals surface area contributed by atoms with E-state index in [2.05, 4.69) is 15.5 Å². The normalized spacial score (nSPS) is 14.4. The van der Waals surface area contributed by atoms with Crippen molar-refractivity contribution in [2.45, 2.75) is 25.8 Å². The summed E-state index contributed by atoms with van der Waals surface area (Å²) >= 11 is 0. The summed E-state index contributed by atoms with van der Waals surface area (Å²) in [6.07, 6.45) is 0. The van der Waals surface area contributed by atoms with Gasteiger partial charge < -0.3 is 9.84 Å². The molecule has 0 aliphatic heterocycles. The van der Waals surface area contributed by atoms with Gasteiger partial charge in [0.15, 0.2) is 11.6 Å². The lowest BCUT2D eigenvalue weighted by Crippen LogP contribution is -2.27. The highest BCUT2D eigenvalue weighted by Crippen LogP contribution is 2.22. The van der Waals surface area contributed by atoms with Crippen molar-refractivity contribution in [3.63, 3.8) is 0 Å². The summed E-state index contributed by atoms with van der Waals surface area (Å²) in [6.45, 7) is 3.94. The van der Waals surface area contributed by atoms with Crippen molar-refractivity contribution in [2.24, 2.45) is 0 Å². The van der Waals surface area contributed by atoms with Gasteiger partial charge in [-0.25, -0.2) is 8.78 Å². The molecule has 0 bridgehead atoms. The molecule has 1 aromatic heterocycles. The first-order chi connectivity index (χ1) is 9.02. The van der Waals surface area contributed by atoms with Gasteiger partial charge in [-0.1, -0.05) is 12.1 Å². The summed E-state index contributed by atoms with van der Waals surface area (Å²) in [5.74, 6) is -1.09. The van der Waals surface area contributed by atoms with Crippen molar-refractivity contribution < 1.29 is 13.3 Å². The minimum absolute atomic E-state index is 0.0246. The minimum Gasteiger partial charge on any atom is -0.339 e. The molecular formula is C13H15F2N3O. The number of nitrogens with zero attached hydrogens (tertiary/aromatic N) is 2. The van der Waals surface area contributed by atoms with Gasteiger partial charge in [-0.05, 0) is 32.2 Å². The second-order valence-corrected chi connectivity index (χ2v) is 4.45. The van der Waals surface area contributed by atoms with E-state index in [0.717, 1.165) is 12.1 Å². The van der Waals surface area contributed by atoms with Gasteiger partial charge >= 0.3 is 0 Å². The molecule has 0 amide bonds. The summed E-state index contributed by atoms with van der Waals surface area (Å²) in [4.78, 5) is 4.21. The van der Waals surface area contributed by atoms with E-state index in [1.54, 1.807) is 0 Å². The van der Waals surface area contributed by atoms with Crippen molar-refractivity contribution >= 4 is 0 Å². The molecule has 0 saturated heterocycles. The highest BCUT2D eigenvalue weighted by molar-refractivity contribution is 5.54. The van der Waals surface area contributed by atoms with E-state index >= 15 is 0 Å². The Morgan fingerprint density at radius 2 is 1.95 bits per heavy atom. The quantitative estimate of drug-likeness (QED) is 0.925. The smallest absolute Gasteiger partial charge is 0.231 e. The molecule has 102 valence electrons. The molecule has 4 nitrogen and oxygen atoms in total. The maximum atomic E-state index is 13.1. The van der Waals surface area contributed by atoms with E-state index in [9.17, 15) is 8.78 Å². The average molecular weight is 267 g/mol. The number of halogens is 2. The standard InChI is InChI=1S/C13H15F2N3O/c1-7(8(2)16-3)13-17-12(18-19-13)9-4-5-10(14)11(15)6-9/h4-8,16H,1-3H3. The Morgan fingerprint density at radius 3 is 2.58 bits per heavy atom. The van der Waals surface area contributed by atoms with Crippen LogP contribution in [-0.4, -0.2) is 23.2 Å². The zero-order chi connectivity index (χ0) is 14.0. The molecule has 0 aliphatic rings. The number of likely N-dealkylation sites (N-methyl/N-ethyl adjacent to an activating group) is 1. The van der Waals surface area contributed by atoms with Crippen LogP contribution < -0.4 is 5.32 Å². The molecule has 19 heavy (non-hydrogen) atoms. The van der Waals surface area contributed by atoms with Crippen molar-refractivity contribution in [2.75, 3.05) is 7.05 Å². The third kappa shape index (κ3) is 2.78. The van der Waals surface area contributed by atoms with Gasteiger partial charge in [0.1, 0.15) is 0 Å². The zero-order valence-corrected chi connectivity index (χ0v) is 10.9. The predicted molar refractivity (Wildman–Crippen MR) is 66.6 cm³/mol. The van der Waals surface area contributed by atoms with Gasteiger partial charge in [0, 0.05) is 11.6 Å². The maximum Gasteiger partial charge on any atom is 0.231 e. The first-order valence-electron chi connectivity index (χ1n) is 5.99. The van der Waals surface area contributed by atoms with Gasteiger partial charge in [0.2, 0.25) is 11.7 Å². The molecule has 2 aromatic rings. The first-order valence-corrected chi connectivity index (χ1v) is 5.99. The largest absolute Gasteiger partial charge is 0.339 e.